The summed E-state index contributed by atoms with van der Waals surface area (Å²) in [6, 6.07) is 13.8. The third kappa shape index (κ3) is 7.78. The lowest BCUT2D eigenvalue weighted by molar-refractivity contribution is -0.118. The highest BCUT2D eigenvalue weighted by Crippen LogP contribution is 2.11. The second kappa shape index (κ2) is 11.7. The van der Waals surface area contributed by atoms with E-state index in [1.165, 1.54) is 41.6 Å². The van der Waals surface area contributed by atoms with Gasteiger partial charge in [-0.15, -0.1) is 11.8 Å². The number of carbonyl (C=O) groups excluding carboxylic acids is 2. The number of nitrogens with zero attached hydrogens (tertiary/aromatic N) is 1. The summed E-state index contributed by atoms with van der Waals surface area (Å²) in [6.45, 7) is 4.76. The largest absolute Gasteiger partial charge is 0.379 e. The number of hydrogen-bond acceptors (Lipinski definition) is 5. The van der Waals surface area contributed by atoms with Gasteiger partial charge in [0.25, 0.3) is 0 Å². The van der Waals surface area contributed by atoms with Gasteiger partial charge in [0.1, 0.15) is 5.82 Å². The van der Waals surface area contributed by atoms with Gasteiger partial charge in [-0.05, 0) is 35.4 Å². The van der Waals surface area contributed by atoms with Crippen LogP contribution in [0.3, 0.4) is 0 Å². The standard InChI is InChI=1S/C22H26FN3O3S/c23-19-4-6-20(7-5-19)25-22(28)16-30-15-21(27)24-13-17-2-1-3-18(12-17)14-26-8-10-29-11-9-26/h1-7,12H,8-11,13-16H2,(H,24,27)(H,25,28). The van der Waals surface area contributed by atoms with E-state index in [0.717, 1.165) is 38.4 Å². The molecule has 0 radical (unpaired) electrons. The molecule has 1 aliphatic rings. The lowest BCUT2D eigenvalue weighted by Crippen LogP contribution is -2.35. The van der Waals surface area contributed by atoms with Crippen LogP contribution in [0, 0.1) is 5.82 Å². The van der Waals surface area contributed by atoms with E-state index in [2.05, 4.69) is 27.7 Å². The fourth-order valence-electron chi connectivity index (χ4n) is 3.07. The van der Waals surface area contributed by atoms with Crippen LogP contribution in [0.25, 0.3) is 0 Å². The van der Waals surface area contributed by atoms with Crippen molar-refractivity contribution in [2.75, 3.05) is 43.1 Å². The number of morpholine rings is 1. The molecule has 30 heavy (non-hydrogen) atoms. The molecule has 0 saturated carbocycles. The van der Waals surface area contributed by atoms with Gasteiger partial charge in [0.2, 0.25) is 11.8 Å². The van der Waals surface area contributed by atoms with Gasteiger partial charge in [0.15, 0.2) is 0 Å². The zero-order valence-electron chi connectivity index (χ0n) is 16.7. The Morgan fingerprint density at radius 1 is 1.00 bits per heavy atom. The van der Waals surface area contributed by atoms with Crippen LogP contribution < -0.4 is 10.6 Å². The number of nitrogens with one attached hydrogen (secondary N) is 2. The van der Waals surface area contributed by atoms with Crippen molar-refractivity contribution in [2.24, 2.45) is 0 Å². The maximum absolute atomic E-state index is 12.9. The number of carbonyl (C=O) groups is 2. The molecule has 6 nitrogen and oxygen atoms in total. The number of anilines is 1. The van der Waals surface area contributed by atoms with Crippen molar-refractivity contribution in [1.29, 1.82) is 0 Å². The molecular weight excluding hydrogens is 405 g/mol. The highest BCUT2D eigenvalue weighted by Gasteiger charge is 2.11. The monoisotopic (exact) mass is 431 g/mol. The van der Waals surface area contributed by atoms with E-state index < -0.39 is 0 Å². The Hall–Kier alpha value is -2.42. The summed E-state index contributed by atoms with van der Waals surface area (Å²) in [5.74, 6) is -0.349. The summed E-state index contributed by atoms with van der Waals surface area (Å²) in [7, 11) is 0. The van der Waals surface area contributed by atoms with Crippen molar-refractivity contribution in [3.63, 3.8) is 0 Å². The summed E-state index contributed by atoms with van der Waals surface area (Å²) in [5.41, 5.74) is 2.80. The second-order valence-corrected chi connectivity index (χ2v) is 8.02. The van der Waals surface area contributed by atoms with Gasteiger partial charge >= 0.3 is 0 Å². The third-order valence-corrected chi connectivity index (χ3v) is 5.52. The summed E-state index contributed by atoms with van der Waals surface area (Å²) in [6.07, 6.45) is 0. The van der Waals surface area contributed by atoms with Crippen molar-refractivity contribution >= 4 is 29.3 Å². The molecule has 0 bridgehead atoms. The Morgan fingerprint density at radius 2 is 1.70 bits per heavy atom. The molecule has 0 aliphatic carbocycles. The van der Waals surface area contributed by atoms with Crippen LogP contribution >= 0.6 is 11.8 Å². The van der Waals surface area contributed by atoms with E-state index in [4.69, 9.17) is 4.74 Å². The number of halogens is 1. The molecule has 2 N–H and O–H groups in total. The minimum atomic E-state index is -0.356. The smallest absolute Gasteiger partial charge is 0.234 e. The van der Waals surface area contributed by atoms with E-state index in [9.17, 15) is 14.0 Å². The summed E-state index contributed by atoms with van der Waals surface area (Å²) < 4.78 is 18.2. The van der Waals surface area contributed by atoms with Crippen LogP contribution in [0.15, 0.2) is 48.5 Å². The van der Waals surface area contributed by atoms with E-state index in [1.807, 2.05) is 12.1 Å². The van der Waals surface area contributed by atoms with Crippen LogP contribution in [-0.2, 0) is 27.4 Å². The first-order chi connectivity index (χ1) is 14.6. The molecule has 1 saturated heterocycles. The number of hydrogen-bond donors (Lipinski definition) is 2. The highest BCUT2D eigenvalue weighted by molar-refractivity contribution is 8.00. The molecule has 3 rings (SSSR count). The molecule has 0 atom stereocenters. The fourth-order valence-corrected chi connectivity index (χ4v) is 3.72. The molecule has 2 amide bonds. The van der Waals surface area contributed by atoms with Crippen LogP contribution in [0.5, 0.6) is 0 Å². The Labute approximate surface area is 180 Å². The number of ether oxygens (including phenoxy) is 1. The number of amides is 2. The molecule has 1 fully saturated rings. The first kappa shape index (κ1) is 22.3. The number of rotatable bonds is 9. The fraction of sp³-hybridized carbons (Fsp3) is 0.364. The zero-order chi connectivity index (χ0) is 21.2. The van der Waals surface area contributed by atoms with Gasteiger partial charge in [0, 0.05) is 31.9 Å². The SMILES string of the molecule is O=C(CSCC(=O)Nc1ccc(F)cc1)NCc1cccc(CN2CCOCC2)c1. The first-order valence-corrected chi connectivity index (χ1v) is 11.0. The Bertz CT molecular complexity index is 842. The van der Waals surface area contributed by atoms with Crippen molar-refractivity contribution in [2.45, 2.75) is 13.1 Å². The van der Waals surface area contributed by atoms with Crippen LogP contribution in [0.4, 0.5) is 10.1 Å². The van der Waals surface area contributed by atoms with Gasteiger partial charge in [-0.2, -0.15) is 0 Å². The molecule has 8 heteroatoms. The van der Waals surface area contributed by atoms with Crippen LogP contribution in [0.1, 0.15) is 11.1 Å². The Morgan fingerprint density at radius 3 is 2.47 bits per heavy atom. The molecule has 0 aromatic heterocycles. The molecule has 0 spiro atoms. The van der Waals surface area contributed by atoms with E-state index >= 15 is 0 Å². The van der Waals surface area contributed by atoms with Crippen LogP contribution in [-0.4, -0.2) is 54.5 Å². The molecule has 2 aromatic rings. The molecular formula is C22H26FN3O3S. The van der Waals surface area contributed by atoms with Crippen LogP contribution in [0.2, 0.25) is 0 Å². The molecule has 1 aliphatic heterocycles. The average molecular weight is 432 g/mol. The Kier molecular flexibility index (Phi) is 8.67. The van der Waals surface area contributed by atoms with Gasteiger partial charge in [-0.25, -0.2) is 4.39 Å². The maximum atomic E-state index is 12.9. The van der Waals surface area contributed by atoms with Crippen molar-refractivity contribution in [3.05, 3.63) is 65.5 Å². The van der Waals surface area contributed by atoms with Gasteiger partial charge in [-0.3, -0.25) is 14.5 Å². The lowest BCUT2D eigenvalue weighted by atomic mass is 10.1. The average Bonchev–Trinajstić information content (AvgIpc) is 2.75. The Balaban J connectivity index is 1.34. The lowest BCUT2D eigenvalue weighted by Gasteiger charge is -2.26. The van der Waals surface area contributed by atoms with Gasteiger partial charge < -0.3 is 15.4 Å². The number of benzene rings is 2. The highest BCUT2D eigenvalue weighted by atomic mass is 32.2. The van der Waals surface area contributed by atoms with Crippen molar-refractivity contribution in [3.8, 4) is 0 Å². The second-order valence-electron chi connectivity index (χ2n) is 7.03. The maximum Gasteiger partial charge on any atom is 0.234 e. The van der Waals surface area contributed by atoms with Crippen molar-refractivity contribution in [1.82, 2.24) is 10.2 Å². The van der Waals surface area contributed by atoms with E-state index in [1.54, 1.807) is 0 Å². The van der Waals surface area contributed by atoms with Gasteiger partial charge in [-0.1, -0.05) is 24.3 Å². The van der Waals surface area contributed by atoms with Gasteiger partial charge in [0.05, 0.1) is 24.7 Å². The quantitative estimate of drug-likeness (QED) is 0.639. The summed E-state index contributed by atoms with van der Waals surface area (Å²) >= 11 is 1.24. The van der Waals surface area contributed by atoms with Crippen molar-refractivity contribution < 1.29 is 18.7 Å². The zero-order valence-corrected chi connectivity index (χ0v) is 17.6. The molecule has 0 unspecified atom stereocenters. The first-order valence-electron chi connectivity index (χ1n) is 9.86. The van der Waals surface area contributed by atoms with E-state index in [0.29, 0.717) is 12.2 Å². The molecule has 160 valence electrons. The summed E-state index contributed by atoms with van der Waals surface area (Å²) in [4.78, 5) is 26.3. The topological polar surface area (TPSA) is 70.7 Å². The normalized spacial score (nSPS) is 14.3. The number of thioether (sulfide) groups is 1. The predicted octanol–water partition coefficient (Wildman–Crippen LogP) is 2.65. The minimum Gasteiger partial charge on any atom is -0.379 e. The molecule has 2 aromatic carbocycles. The summed E-state index contributed by atoms with van der Waals surface area (Å²) in [5, 5.41) is 5.56. The molecule has 1 heterocycles. The predicted molar refractivity (Wildman–Crippen MR) is 117 cm³/mol. The minimum absolute atomic E-state index is 0.117. The third-order valence-electron chi connectivity index (χ3n) is 4.59. The van der Waals surface area contributed by atoms with E-state index in [-0.39, 0.29) is 29.1 Å².